The second kappa shape index (κ2) is 11.0. The number of nitrogens with one attached hydrogen (secondary N) is 1. The first-order valence-corrected chi connectivity index (χ1v) is 12.3. The molecule has 37 heavy (non-hydrogen) atoms. The molecular weight excluding hydrogens is 543 g/mol. The summed E-state index contributed by atoms with van der Waals surface area (Å²) in [6.07, 6.45) is 1.40. The van der Waals surface area contributed by atoms with Crippen LogP contribution < -0.4 is 19.7 Å². The van der Waals surface area contributed by atoms with Crippen LogP contribution in [0.4, 0.5) is 14.9 Å². The van der Waals surface area contributed by atoms with Crippen LogP contribution in [0.2, 0.25) is 0 Å². The molecule has 0 saturated carbocycles. The van der Waals surface area contributed by atoms with Gasteiger partial charge < -0.3 is 9.47 Å². The molecule has 0 aromatic heterocycles. The van der Waals surface area contributed by atoms with Crippen LogP contribution in [0.3, 0.4) is 0 Å². The van der Waals surface area contributed by atoms with Crippen molar-refractivity contribution >= 4 is 45.5 Å². The van der Waals surface area contributed by atoms with Crippen LogP contribution in [0, 0.1) is 19.7 Å². The summed E-state index contributed by atoms with van der Waals surface area (Å²) >= 11 is 3.47. The third-order valence-corrected chi connectivity index (χ3v) is 6.22. The Bertz CT molecular complexity index is 1400. The van der Waals surface area contributed by atoms with E-state index in [4.69, 9.17) is 9.47 Å². The molecule has 0 atom stereocenters. The average Bonchev–Trinajstić information content (AvgIpc) is 2.83. The minimum atomic E-state index is -0.809. The number of aryl methyl sites for hydroxylation is 2. The zero-order chi connectivity index (χ0) is 26.7. The van der Waals surface area contributed by atoms with Gasteiger partial charge in [-0.15, -0.1) is 0 Å². The standard InChI is InChI=1S/C28H24BrFN2O5/c1-4-36-24-13-19(23(29)14-25(24)37-15-18-5-7-20(30)8-6-18)12-22-26(33)31-28(35)32(27(22)34)21-10-16(2)9-17(3)11-21/h5-14H,4,15H2,1-3H3,(H,31,33,35)/b22-12+. The molecule has 1 aliphatic rings. The summed E-state index contributed by atoms with van der Waals surface area (Å²) in [5, 5.41) is 2.24. The Hall–Kier alpha value is -3.98. The Labute approximate surface area is 222 Å². The monoisotopic (exact) mass is 566 g/mol. The van der Waals surface area contributed by atoms with Crippen molar-refractivity contribution in [2.75, 3.05) is 11.5 Å². The van der Waals surface area contributed by atoms with Crippen molar-refractivity contribution in [1.82, 2.24) is 5.32 Å². The van der Waals surface area contributed by atoms with E-state index in [0.29, 0.717) is 33.8 Å². The molecule has 190 valence electrons. The van der Waals surface area contributed by atoms with Gasteiger partial charge in [0.15, 0.2) is 11.5 Å². The van der Waals surface area contributed by atoms with Crippen LogP contribution >= 0.6 is 15.9 Å². The number of carbonyl (C=O) groups is 3. The molecule has 4 amide bonds. The zero-order valence-corrected chi connectivity index (χ0v) is 22.0. The molecule has 0 radical (unpaired) electrons. The summed E-state index contributed by atoms with van der Waals surface area (Å²) < 4.78 is 25.4. The number of imide groups is 2. The number of rotatable bonds is 7. The topological polar surface area (TPSA) is 84.9 Å². The van der Waals surface area contributed by atoms with E-state index in [2.05, 4.69) is 21.2 Å². The summed E-state index contributed by atoms with van der Waals surface area (Å²) in [4.78, 5) is 39.5. The molecular formula is C28H24BrFN2O5. The maximum Gasteiger partial charge on any atom is 0.335 e. The van der Waals surface area contributed by atoms with E-state index in [-0.39, 0.29) is 18.0 Å². The molecule has 3 aromatic carbocycles. The molecule has 4 rings (SSSR count). The van der Waals surface area contributed by atoms with E-state index in [1.807, 2.05) is 26.8 Å². The van der Waals surface area contributed by atoms with Crippen LogP contribution in [-0.4, -0.2) is 24.5 Å². The third kappa shape index (κ3) is 5.89. The second-order valence-corrected chi connectivity index (χ2v) is 9.33. The van der Waals surface area contributed by atoms with Gasteiger partial charge in [0.1, 0.15) is 18.0 Å². The molecule has 3 aromatic rings. The fourth-order valence-corrected chi connectivity index (χ4v) is 4.35. The minimum absolute atomic E-state index is 0.182. The van der Waals surface area contributed by atoms with E-state index in [1.165, 1.54) is 18.2 Å². The lowest BCUT2D eigenvalue weighted by Gasteiger charge is -2.27. The number of hydrogen-bond donors (Lipinski definition) is 1. The molecule has 9 heteroatoms. The van der Waals surface area contributed by atoms with Gasteiger partial charge in [-0.05, 0) is 85.5 Å². The van der Waals surface area contributed by atoms with E-state index in [0.717, 1.165) is 21.6 Å². The Kier molecular flexibility index (Phi) is 7.73. The number of carbonyl (C=O) groups excluding carboxylic acids is 3. The average molecular weight is 567 g/mol. The van der Waals surface area contributed by atoms with E-state index in [1.54, 1.807) is 36.4 Å². The largest absolute Gasteiger partial charge is 0.490 e. The van der Waals surface area contributed by atoms with Gasteiger partial charge in [-0.25, -0.2) is 14.1 Å². The molecule has 0 aliphatic carbocycles. The Morgan fingerprint density at radius 1 is 0.946 bits per heavy atom. The normalized spacial score (nSPS) is 14.7. The number of hydrogen-bond acceptors (Lipinski definition) is 5. The number of benzene rings is 3. The second-order valence-electron chi connectivity index (χ2n) is 8.47. The number of urea groups is 1. The highest BCUT2D eigenvalue weighted by atomic mass is 79.9. The smallest absolute Gasteiger partial charge is 0.335 e. The van der Waals surface area contributed by atoms with E-state index >= 15 is 0 Å². The maximum atomic E-state index is 13.3. The van der Waals surface area contributed by atoms with Crippen LogP contribution in [0.5, 0.6) is 11.5 Å². The maximum absolute atomic E-state index is 13.3. The first-order valence-electron chi connectivity index (χ1n) is 11.5. The quantitative estimate of drug-likeness (QED) is 0.286. The minimum Gasteiger partial charge on any atom is -0.490 e. The van der Waals surface area contributed by atoms with Crippen LogP contribution in [0.1, 0.15) is 29.2 Å². The fraction of sp³-hybridized carbons (Fsp3) is 0.179. The van der Waals surface area contributed by atoms with Crippen molar-refractivity contribution in [3.8, 4) is 11.5 Å². The van der Waals surface area contributed by atoms with Crippen molar-refractivity contribution in [1.29, 1.82) is 0 Å². The van der Waals surface area contributed by atoms with Gasteiger partial charge in [0, 0.05) is 4.47 Å². The Morgan fingerprint density at radius 3 is 2.24 bits per heavy atom. The number of amides is 4. The van der Waals surface area contributed by atoms with Gasteiger partial charge in [0.2, 0.25) is 0 Å². The lowest BCUT2D eigenvalue weighted by Crippen LogP contribution is -2.54. The molecule has 1 fully saturated rings. The summed E-state index contributed by atoms with van der Waals surface area (Å²) in [7, 11) is 0. The number of anilines is 1. The van der Waals surface area contributed by atoms with Crippen molar-refractivity contribution < 1.29 is 28.2 Å². The van der Waals surface area contributed by atoms with Gasteiger partial charge in [-0.3, -0.25) is 14.9 Å². The molecule has 1 N–H and O–H groups in total. The van der Waals surface area contributed by atoms with Crippen LogP contribution in [-0.2, 0) is 16.2 Å². The highest BCUT2D eigenvalue weighted by Gasteiger charge is 2.37. The summed E-state index contributed by atoms with van der Waals surface area (Å²) in [6.45, 7) is 6.06. The summed E-state index contributed by atoms with van der Waals surface area (Å²) in [6, 6.07) is 13.8. The molecule has 0 bridgehead atoms. The van der Waals surface area contributed by atoms with Gasteiger partial charge in [0.25, 0.3) is 11.8 Å². The third-order valence-electron chi connectivity index (χ3n) is 5.54. The van der Waals surface area contributed by atoms with Crippen LogP contribution in [0.15, 0.2) is 64.6 Å². The van der Waals surface area contributed by atoms with Crippen molar-refractivity contribution in [3.05, 3.63) is 92.7 Å². The molecule has 0 spiro atoms. The van der Waals surface area contributed by atoms with Crippen molar-refractivity contribution in [3.63, 3.8) is 0 Å². The van der Waals surface area contributed by atoms with Gasteiger partial charge >= 0.3 is 6.03 Å². The lowest BCUT2D eigenvalue weighted by molar-refractivity contribution is -0.122. The number of nitrogens with zero attached hydrogens (tertiary/aromatic N) is 1. The molecule has 1 aliphatic heterocycles. The molecule has 1 saturated heterocycles. The molecule has 0 unspecified atom stereocenters. The van der Waals surface area contributed by atoms with E-state index in [9.17, 15) is 18.8 Å². The first kappa shape index (κ1) is 26.1. The molecule has 1 heterocycles. The highest BCUT2D eigenvalue weighted by molar-refractivity contribution is 9.10. The number of halogens is 2. The lowest BCUT2D eigenvalue weighted by atomic mass is 10.0. The van der Waals surface area contributed by atoms with Crippen molar-refractivity contribution in [2.45, 2.75) is 27.4 Å². The van der Waals surface area contributed by atoms with E-state index < -0.39 is 17.8 Å². The van der Waals surface area contributed by atoms with Crippen molar-refractivity contribution in [2.24, 2.45) is 0 Å². The van der Waals surface area contributed by atoms with Gasteiger partial charge in [0.05, 0.1) is 12.3 Å². The fourth-order valence-electron chi connectivity index (χ4n) is 3.91. The van der Waals surface area contributed by atoms with Gasteiger partial charge in [-0.2, -0.15) is 0 Å². The summed E-state index contributed by atoms with van der Waals surface area (Å²) in [5.41, 5.74) is 3.16. The van der Waals surface area contributed by atoms with Gasteiger partial charge in [-0.1, -0.05) is 34.1 Å². The Morgan fingerprint density at radius 2 is 1.59 bits per heavy atom. The Balaban J connectivity index is 1.67. The number of ether oxygens (including phenoxy) is 2. The highest BCUT2D eigenvalue weighted by Crippen LogP contribution is 2.36. The predicted molar refractivity (Wildman–Crippen MR) is 141 cm³/mol. The zero-order valence-electron chi connectivity index (χ0n) is 20.4. The predicted octanol–water partition coefficient (Wildman–Crippen LogP) is 5.85. The summed E-state index contributed by atoms with van der Waals surface area (Å²) in [5.74, 6) is -1.05. The number of barbiturate groups is 1. The van der Waals surface area contributed by atoms with Crippen LogP contribution in [0.25, 0.3) is 6.08 Å². The SMILES string of the molecule is CCOc1cc(/C=C2\C(=O)NC(=O)N(c3cc(C)cc(C)c3)C2=O)c(Br)cc1OCc1ccc(F)cc1. The first-order chi connectivity index (χ1) is 17.7. The molecule has 7 nitrogen and oxygen atoms in total.